The normalized spacial score (nSPS) is 18.3. The van der Waals surface area contributed by atoms with E-state index < -0.39 is 66.2 Å². The summed E-state index contributed by atoms with van der Waals surface area (Å²) in [4.78, 5) is 52.3. The first-order valence-corrected chi connectivity index (χ1v) is 12.6. The van der Waals surface area contributed by atoms with E-state index in [-0.39, 0.29) is 11.8 Å². The summed E-state index contributed by atoms with van der Waals surface area (Å²) in [6.45, 7) is 3.50. The van der Waals surface area contributed by atoms with E-state index in [4.69, 9.17) is 11.1 Å². The molecule has 1 atom stereocenters. The van der Waals surface area contributed by atoms with Gasteiger partial charge in [-0.1, -0.05) is 13.8 Å². The third-order valence-corrected chi connectivity index (χ3v) is 6.61. The second-order valence-corrected chi connectivity index (χ2v) is 9.38. The van der Waals surface area contributed by atoms with Crippen molar-refractivity contribution in [1.82, 2.24) is 18.9 Å². The van der Waals surface area contributed by atoms with Crippen molar-refractivity contribution in [2.45, 2.75) is 83.6 Å². The van der Waals surface area contributed by atoms with E-state index in [9.17, 15) is 37.5 Å². The van der Waals surface area contributed by atoms with Gasteiger partial charge >= 0.3 is 11.9 Å². The minimum atomic E-state index is -4.46. The number of rotatable bonds is 10. The van der Waals surface area contributed by atoms with Crippen molar-refractivity contribution < 1.29 is 27.9 Å². The molecule has 2 rings (SSSR count). The molecule has 1 saturated carbocycles. The van der Waals surface area contributed by atoms with Crippen molar-refractivity contribution in [3.63, 3.8) is 0 Å². The molecule has 0 aliphatic heterocycles. The number of nitrogens with one attached hydrogen (secondary N) is 1. The van der Waals surface area contributed by atoms with Crippen LogP contribution in [-0.2, 0) is 16.1 Å². The van der Waals surface area contributed by atoms with E-state index in [0.717, 1.165) is 9.47 Å². The van der Waals surface area contributed by atoms with Gasteiger partial charge in [-0.25, -0.2) is 4.79 Å². The highest BCUT2D eigenvalue weighted by Crippen LogP contribution is 2.34. The van der Waals surface area contributed by atoms with Gasteiger partial charge in [-0.3, -0.25) is 38.7 Å². The van der Waals surface area contributed by atoms with Crippen LogP contribution in [0.1, 0.15) is 70.4 Å². The summed E-state index contributed by atoms with van der Waals surface area (Å²) < 4.78 is 39.3. The Morgan fingerprint density at radius 1 is 1.18 bits per heavy atom. The number of imide groups is 1. The van der Waals surface area contributed by atoms with Crippen LogP contribution in [0.2, 0.25) is 0 Å². The number of aromatic hydroxyl groups is 1. The van der Waals surface area contributed by atoms with Crippen LogP contribution < -0.4 is 17.0 Å². The summed E-state index contributed by atoms with van der Waals surface area (Å²) in [5.41, 5.74) is 2.90. The summed E-state index contributed by atoms with van der Waals surface area (Å²) in [5, 5.41) is 18.0. The number of amidine groups is 1. The lowest BCUT2D eigenvalue weighted by Crippen LogP contribution is -2.47. The maximum atomic E-state index is 13.1. The number of likely N-dealkylation sites (N-methyl/N-ethyl adjacent to an activating group) is 2. The highest BCUT2D eigenvalue weighted by Gasteiger charge is 2.33. The highest BCUT2D eigenvalue weighted by molar-refractivity contribution is 5.96. The van der Waals surface area contributed by atoms with Gasteiger partial charge in [-0.05, 0) is 58.5 Å². The lowest BCUT2D eigenvalue weighted by Gasteiger charge is -2.34. The van der Waals surface area contributed by atoms with Crippen molar-refractivity contribution in [3.8, 4) is 5.88 Å². The largest absolute Gasteiger partial charge is 0.494 e. The smallest absolute Gasteiger partial charge is 0.389 e. The molecule has 1 fully saturated rings. The Kier molecular flexibility index (Phi) is 12.2. The first-order valence-electron chi connectivity index (χ1n) is 12.6. The summed E-state index contributed by atoms with van der Waals surface area (Å²) >= 11 is 0. The molecule has 0 saturated heterocycles. The van der Waals surface area contributed by atoms with E-state index in [0.29, 0.717) is 43.1 Å². The highest BCUT2D eigenvalue weighted by atomic mass is 19.4. The number of alkyl halides is 3. The molecule has 1 aromatic heterocycles. The van der Waals surface area contributed by atoms with E-state index in [1.807, 2.05) is 13.8 Å². The monoisotopic (exact) mass is 548 g/mol. The number of amides is 2. The quantitative estimate of drug-likeness (QED) is 0.230. The third kappa shape index (κ3) is 8.17. The zero-order valence-corrected chi connectivity index (χ0v) is 22.5. The van der Waals surface area contributed by atoms with Crippen LogP contribution in [0.25, 0.3) is 0 Å². The molecule has 0 radical (unpaired) electrons. The minimum absolute atomic E-state index is 0.0618. The average molecular weight is 549 g/mol. The lowest BCUT2D eigenvalue weighted by atomic mass is 9.81. The van der Waals surface area contributed by atoms with Crippen LogP contribution in [0.15, 0.2) is 9.59 Å². The Hall–Kier alpha value is -3.16. The fraction of sp³-hybridized carbons (Fsp3) is 0.708. The first-order chi connectivity index (χ1) is 17.7. The molecule has 0 bridgehead atoms. The van der Waals surface area contributed by atoms with Crippen LogP contribution in [0.3, 0.4) is 0 Å². The first kappa shape index (κ1) is 32.9. The van der Waals surface area contributed by atoms with E-state index in [1.54, 1.807) is 19.0 Å². The summed E-state index contributed by atoms with van der Waals surface area (Å²) in [6, 6.07) is -1.15. The molecule has 4 N–H and O–H groups in total. The van der Waals surface area contributed by atoms with Crippen LogP contribution in [-0.4, -0.2) is 75.6 Å². The van der Waals surface area contributed by atoms with E-state index >= 15 is 0 Å². The van der Waals surface area contributed by atoms with Crippen molar-refractivity contribution >= 4 is 18.2 Å². The molecule has 0 aromatic carbocycles. The van der Waals surface area contributed by atoms with Crippen LogP contribution in [0, 0.1) is 11.3 Å². The van der Waals surface area contributed by atoms with E-state index in [2.05, 4.69) is 0 Å². The Morgan fingerprint density at radius 3 is 2.18 bits per heavy atom. The topological polar surface area (TPSA) is 155 Å². The van der Waals surface area contributed by atoms with Gasteiger partial charge in [0.25, 0.3) is 5.56 Å². The Morgan fingerprint density at radius 2 is 1.74 bits per heavy atom. The molecule has 11 nitrogen and oxygen atoms in total. The van der Waals surface area contributed by atoms with Gasteiger partial charge in [0.2, 0.25) is 18.2 Å². The predicted octanol–water partition coefficient (Wildman–Crippen LogP) is 2.03. The van der Waals surface area contributed by atoms with Crippen molar-refractivity contribution in [1.29, 1.82) is 5.41 Å². The van der Waals surface area contributed by atoms with E-state index in [1.165, 1.54) is 7.05 Å². The molecule has 14 heteroatoms. The number of nitrogens with two attached hydrogens (primary N) is 1. The number of carbonyl (C=O) groups is 2. The summed E-state index contributed by atoms with van der Waals surface area (Å²) in [7, 11) is 4.84. The fourth-order valence-electron chi connectivity index (χ4n) is 4.63. The standard InChI is InChI=1S/C22H33F3N6O5.C2H6/c1-28(2)15(18(33)29(3)12-32)11-13-5-7-14(8-6-13)31-20(35)16(17(26)27)19(34)30(21(31)36)10-4-9-22(23,24)25;1-2/h12-15,34H,4-11H2,1-3H3,(H3,26,27);1-2H3. The summed E-state index contributed by atoms with van der Waals surface area (Å²) in [6.07, 6.45) is -3.43. The number of hydrogen-bond acceptors (Lipinski definition) is 7. The van der Waals surface area contributed by atoms with Gasteiger partial charge in [0.1, 0.15) is 11.4 Å². The van der Waals surface area contributed by atoms with Gasteiger partial charge < -0.3 is 10.8 Å². The minimum Gasteiger partial charge on any atom is -0.494 e. The summed E-state index contributed by atoms with van der Waals surface area (Å²) in [5.74, 6) is -2.00. The van der Waals surface area contributed by atoms with Gasteiger partial charge in [0.15, 0.2) is 0 Å². The Balaban J connectivity index is 0.00000352. The second-order valence-electron chi connectivity index (χ2n) is 9.38. The SMILES string of the molecule is CC.CN(C=O)C(=O)C(CC1CCC(n2c(=O)c(C(=N)N)c(O)n(CCCC(F)(F)F)c2=O)CC1)N(C)C. The molecule has 1 heterocycles. The molecule has 0 spiro atoms. The molecule has 1 aromatic rings. The predicted molar refractivity (Wildman–Crippen MR) is 136 cm³/mol. The number of nitrogens with zero attached hydrogens (tertiary/aromatic N) is 4. The molecule has 2 amide bonds. The van der Waals surface area contributed by atoms with Gasteiger partial charge in [-0.2, -0.15) is 13.2 Å². The average Bonchev–Trinajstić information content (AvgIpc) is 2.84. The van der Waals surface area contributed by atoms with Crippen molar-refractivity contribution in [3.05, 3.63) is 26.4 Å². The second kappa shape index (κ2) is 14.1. The van der Waals surface area contributed by atoms with Crippen LogP contribution in [0.5, 0.6) is 5.88 Å². The molecule has 1 aliphatic rings. The number of hydrogen-bond donors (Lipinski definition) is 3. The number of carbonyl (C=O) groups excluding carboxylic acids is 2. The maximum Gasteiger partial charge on any atom is 0.389 e. The molecule has 216 valence electrons. The molecular formula is C24H39F3N6O5. The Labute approximate surface area is 219 Å². The van der Waals surface area contributed by atoms with Gasteiger partial charge in [-0.15, -0.1) is 0 Å². The van der Waals surface area contributed by atoms with Crippen molar-refractivity contribution in [2.24, 2.45) is 11.7 Å². The van der Waals surface area contributed by atoms with Gasteiger partial charge in [0.05, 0.1) is 6.04 Å². The number of halogens is 3. The molecule has 38 heavy (non-hydrogen) atoms. The molecule has 1 aliphatic carbocycles. The number of nitrogen functional groups attached to an aromatic ring is 1. The molecule has 1 unspecified atom stereocenters. The van der Waals surface area contributed by atoms with Crippen LogP contribution >= 0.6 is 0 Å². The molecular weight excluding hydrogens is 509 g/mol. The number of aromatic nitrogens is 2. The van der Waals surface area contributed by atoms with Crippen molar-refractivity contribution in [2.75, 3.05) is 21.1 Å². The van der Waals surface area contributed by atoms with Gasteiger partial charge in [0, 0.05) is 26.1 Å². The Bertz CT molecular complexity index is 1090. The zero-order valence-electron chi connectivity index (χ0n) is 22.5. The third-order valence-electron chi connectivity index (χ3n) is 6.61. The lowest BCUT2D eigenvalue weighted by molar-refractivity contribution is -0.141. The maximum absolute atomic E-state index is 13.1. The zero-order chi connectivity index (χ0) is 29.4. The van der Waals surface area contributed by atoms with Crippen LogP contribution in [0.4, 0.5) is 13.2 Å². The fourth-order valence-corrected chi connectivity index (χ4v) is 4.63.